The summed E-state index contributed by atoms with van der Waals surface area (Å²) in [5, 5.41) is 4.62. The van der Waals surface area contributed by atoms with E-state index < -0.39 is 29.6 Å². The molecule has 3 rings (SSSR count). The molecule has 0 saturated heterocycles. The van der Waals surface area contributed by atoms with Gasteiger partial charge in [0.25, 0.3) is 5.91 Å². The first-order valence-corrected chi connectivity index (χ1v) is 7.89. The number of carbonyl (C=O) groups is 2. The van der Waals surface area contributed by atoms with Crippen LogP contribution >= 0.6 is 0 Å². The third-order valence-corrected chi connectivity index (χ3v) is 3.77. The van der Waals surface area contributed by atoms with Crippen LogP contribution < -0.4 is 5.32 Å². The standard InChI is InChI=1S/C20H15F2NO3/c1-12(26-20(25)15-8-16(21)11-17(22)9-15)19(24)23-18-7-6-13-4-2-3-5-14(13)10-18/h2-12H,1H3,(H,23,24)/t12-/m0/s1. The van der Waals surface area contributed by atoms with Crippen LogP contribution in [0.3, 0.4) is 0 Å². The molecule has 3 aromatic carbocycles. The quantitative estimate of drug-likeness (QED) is 0.710. The fraction of sp³-hybridized carbons (Fsp3) is 0.100. The van der Waals surface area contributed by atoms with Crippen molar-refractivity contribution in [1.29, 1.82) is 0 Å². The van der Waals surface area contributed by atoms with Gasteiger partial charge in [0.15, 0.2) is 6.10 Å². The van der Waals surface area contributed by atoms with E-state index in [-0.39, 0.29) is 5.56 Å². The normalized spacial score (nSPS) is 11.8. The topological polar surface area (TPSA) is 55.4 Å². The van der Waals surface area contributed by atoms with Gasteiger partial charge >= 0.3 is 5.97 Å². The molecule has 0 saturated carbocycles. The summed E-state index contributed by atoms with van der Waals surface area (Å²) in [7, 11) is 0. The molecule has 1 N–H and O–H groups in total. The maximum Gasteiger partial charge on any atom is 0.339 e. The second kappa shape index (κ2) is 7.31. The lowest BCUT2D eigenvalue weighted by molar-refractivity contribution is -0.123. The van der Waals surface area contributed by atoms with E-state index in [0.717, 1.165) is 22.9 Å². The van der Waals surface area contributed by atoms with E-state index >= 15 is 0 Å². The zero-order chi connectivity index (χ0) is 18.7. The highest BCUT2D eigenvalue weighted by Crippen LogP contribution is 2.19. The number of fused-ring (bicyclic) bond motifs is 1. The average Bonchev–Trinajstić information content (AvgIpc) is 2.60. The maximum atomic E-state index is 13.2. The molecule has 1 atom stereocenters. The van der Waals surface area contributed by atoms with E-state index in [1.807, 2.05) is 30.3 Å². The third-order valence-electron chi connectivity index (χ3n) is 3.77. The molecule has 0 spiro atoms. The van der Waals surface area contributed by atoms with Gasteiger partial charge in [-0.2, -0.15) is 0 Å². The van der Waals surface area contributed by atoms with E-state index in [0.29, 0.717) is 11.8 Å². The van der Waals surface area contributed by atoms with Crippen LogP contribution in [0.5, 0.6) is 0 Å². The van der Waals surface area contributed by atoms with Gasteiger partial charge in [-0.3, -0.25) is 4.79 Å². The summed E-state index contributed by atoms with van der Waals surface area (Å²) in [5.41, 5.74) is 0.251. The van der Waals surface area contributed by atoms with Crippen LogP contribution in [0.15, 0.2) is 60.7 Å². The Morgan fingerprint density at radius 2 is 1.58 bits per heavy atom. The van der Waals surface area contributed by atoms with Crippen molar-refractivity contribution in [2.45, 2.75) is 13.0 Å². The van der Waals surface area contributed by atoms with Crippen LogP contribution in [0.25, 0.3) is 10.8 Å². The van der Waals surface area contributed by atoms with Crippen molar-refractivity contribution in [2.75, 3.05) is 5.32 Å². The van der Waals surface area contributed by atoms with Gasteiger partial charge in [-0.15, -0.1) is 0 Å². The minimum Gasteiger partial charge on any atom is -0.449 e. The van der Waals surface area contributed by atoms with Crippen molar-refractivity contribution in [3.63, 3.8) is 0 Å². The number of halogens is 2. The average molecular weight is 355 g/mol. The smallest absolute Gasteiger partial charge is 0.339 e. The molecular weight excluding hydrogens is 340 g/mol. The van der Waals surface area contributed by atoms with E-state index in [2.05, 4.69) is 5.32 Å². The SMILES string of the molecule is C[C@H](OC(=O)c1cc(F)cc(F)c1)C(=O)Nc1ccc2ccccc2c1. The van der Waals surface area contributed by atoms with Gasteiger partial charge in [0.1, 0.15) is 11.6 Å². The fourth-order valence-corrected chi connectivity index (χ4v) is 2.46. The van der Waals surface area contributed by atoms with E-state index in [4.69, 9.17) is 4.74 Å². The zero-order valence-corrected chi connectivity index (χ0v) is 13.8. The molecule has 6 heteroatoms. The molecule has 0 aliphatic heterocycles. The highest BCUT2D eigenvalue weighted by molar-refractivity contribution is 5.98. The van der Waals surface area contributed by atoms with E-state index in [9.17, 15) is 18.4 Å². The Morgan fingerprint density at radius 1 is 0.923 bits per heavy atom. The number of anilines is 1. The molecule has 0 bridgehead atoms. The van der Waals surface area contributed by atoms with Crippen molar-refractivity contribution < 1.29 is 23.1 Å². The van der Waals surface area contributed by atoms with Gasteiger partial charge in [0.2, 0.25) is 0 Å². The number of carbonyl (C=O) groups excluding carboxylic acids is 2. The molecule has 1 amide bonds. The Balaban J connectivity index is 1.67. The van der Waals surface area contributed by atoms with Crippen LogP contribution in [-0.4, -0.2) is 18.0 Å². The lowest BCUT2D eigenvalue weighted by atomic mass is 10.1. The van der Waals surface area contributed by atoms with Crippen LogP contribution in [0.4, 0.5) is 14.5 Å². The summed E-state index contributed by atoms with van der Waals surface area (Å²) >= 11 is 0. The Morgan fingerprint density at radius 3 is 2.27 bits per heavy atom. The number of esters is 1. The van der Waals surface area contributed by atoms with Gasteiger partial charge < -0.3 is 10.1 Å². The molecule has 0 fully saturated rings. The van der Waals surface area contributed by atoms with Gasteiger partial charge in [0.05, 0.1) is 5.56 Å². The first-order chi connectivity index (χ1) is 12.4. The predicted molar refractivity (Wildman–Crippen MR) is 93.8 cm³/mol. The first-order valence-electron chi connectivity index (χ1n) is 7.89. The highest BCUT2D eigenvalue weighted by atomic mass is 19.1. The summed E-state index contributed by atoms with van der Waals surface area (Å²) in [6.45, 7) is 1.38. The monoisotopic (exact) mass is 355 g/mol. The first kappa shape index (κ1) is 17.5. The molecule has 4 nitrogen and oxygen atoms in total. The van der Waals surface area contributed by atoms with Gasteiger partial charge in [-0.05, 0) is 42.0 Å². The largest absolute Gasteiger partial charge is 0.449 e. The minimum absolute atomic E-state index is 0.298. The Labute approximate surface area is 148 Å². The molecule has 0 aliphatic rings. The third kappa shape index (κ3) is 4.03. The second-order valence-corrected chi connectivity index (χ2v) is 5.76. The molecule has 0 radical (unpaired) electrons. The van der Waals surface area contributed by atoms with Crippen molar-refractivity contribution in [3.8, 4) is 0 Å². The van der Waals surface area contributed by atoms with Gasteiger partial charge in [-0.25, -0.2) is 13.6 Å². The predicted octanol–water partition coefficient (Wildman–Crippen LogP) is 4.30. The number of rotatable bonds is 4. The Hall–Kier alpha value is -3.28. The minimum atomic E-state index is -1.14. The molecule has 0 aromatic heterocycles. The maximum absolute atomic E-state index is 13.2. The number of amides is 1. The van der Waals surface area contributed by atoms with Crippen molar-refractivity contribution in [3.05, 3.63) is 77.9 Å². The number of ether oxygens (including phenoxy) is 1. The lowest BCUT2D eigenvalue weighted by Crippen LogP contribution is -2.30. The molecule has 3 aromatic rings. The number of benzene rings is 3. The summed E-state index contributed by atoms with van der Waals surface area (Å²) < 4.78 is 31.3. The van der Waals surface area contributed by atoms with E-state index in [1.54, 1.807) is 12.1 Å². The van der Waals surface area contributed by atoms with Gasteiger partial charge in [-0.1, -0.05) is 30.3 Å². The lowest BCUT2D eigenvalue weighted by Gasteiger charge is -2.14. The summed E-state index contributed by atoms with van der Waals surface area (Å²) in [6.07, 6.45) is -1.14. The van der Waals surface area contributed by atoms with Gasteiger partial charge in [0, 0.05) is 11.8 Å². The number of hydrogen-bond donors (Lipinski definition) is 1. The zero-order valence-electron chi connectivity index (χ0n) is 13.8. The molecule has 0 unspecified atom stereocenters. The Kier molecular flexibility index (Phi) is 4.93. The van der Waals surface area contributed by atoms with Crippen LogP contribution in [0.2, 0.25) is 0 Å². The molecule has 132 valence electrons. The van der Waals surface area contributed by atoms with Crippen LogP contribution in [-0.2, 0) is 9.53 Å². The molecular formula is C20H15F2NO3. The van der Waals surface area contributed by atoms with Crippen molar-refractivity contribution >= 4 is 28.3 Å². The molecule has 0 aliphatic carbocycles. The molecule has 26 heavy (non-hydrogen) atoms. The summed E-state index contributed by atoms with van der Waals surface area (Å²) in [6, 6.07) is 15.4. The highest BCUT2D eigenvalue weighted by Gasteiger charge is 2.20. The number of hydrogen-bond acceptors (Lipinski definition) is 3. The summed E-state index contributed by atoms with van der Waals surface area (Å²) in [5.74, 6) is -3.33. The second-order valence-electron chi connectivity index (χ2n) is 5.76. The Bertz CT molecular complexity index is 967. The number of nitrogens with one attached hydrogen (secondary N) is 1. The fourth-order valence-electron chi connectivity index (χ4n) is 2.46. The van der Waals surface area contributed by atoms with Crippen LogP contribution in [0, 0.1) is 11.6 Å². The van der Waals surface area contributed by atoms with E-state index in [1.165, 1.54) is 6.92 Å². The van der Waals surface area contributed by atoms with Crippen molar-refractivity contribution in [1.82, 2.24) is 0 Å². The van der Waals surface area contributed by atoms with Crippen molar-refractivity contribution in [2.24, 2.45) is 0 Å². The van der Waals surface area contributed by atoms with Crippen LogP contribution in [0.1, 0.15) is 17.3 Å². The summed E-state index contributed by atoms with van der Waals surface area (Å²) in [4.78, 5) is 24.2. The molecule has 0 heterocycles.